The van der Waals surface area contributed by atoms with Gasteiger partial charge in [-0.2, -0.15) is 11.8 Å². The van der Waals surface area contributed by atoms with E-state index in [-0.39, 0.29) is 0 Å². The molecule has 1 N–H and O–H groups in total. The van der Waals surface area contributed by atoms with Gasteiger partial charge in [0.1, 0.15) is 12.4 Å². The van der Waals surface area contributed by atoms with Crippen LogP contribution in [-0.2, 0) is 0 Å². The van der Waals surface area contributed by atoms with Crippen LogP contribution in [0.2, 0.25) is 0 Å². The standard InChI is InChI=1S/C14H22N2OS/c1-16(2)7-8-17-14-5-3-4-12(10-14)15-13-6-9-18-11-13/h3-5,10,13,15H,6-9,11H2,1-2H3. The molecule has 1 saturated heterocycles. The number of hydrogen-bond acceptors (Lipinski definition) is 4. The normalized spacial score (nSPS) is 19.2. The predicted molar refractivity (Wildman–Crippen MR) is 79.8 cm³/mol. The van der Waals surface area contributed by atoms with Crippen LogP contribution in [0.15, 0.2) is 24.3 Å². The second-order valence-electron chi connectivity index (χ2n) is 4.88. The summed E-state index contributed by atoms with van der Waals surface area (Å²) in [5.41, 5.74) is 1.17. The van der Waals surface area contributed by atoms with Gasteiger partial charge in [0.25, 0.3) is 0 Å². The Bertz CT molecular complexity index is 365. The average Bonchev–Trinajstić information content (AvgIpc) is 2.82. The number of anilines is 1. The van der Waals surface area contributed by atoms with Crippen LogP contribution in [0.1, 0.15) is 6.42 Å². The van der Waals surface area contributed by atoms with Gasteiger partial charge in [0, 0.05) is 30.1 Å². The third kappa shape index (κ3) is 4.42. The summed E-state index contributed by atoms with van der Waals surface area (Å²) in [4.78, 5) is 2.12. The first-order valence-electron chi connectivity index (χ1n) is 6.46. The largest absolute Gasteiger partial charge is 0.492 e. The van der Waals surface area contributed by atoms with Gasteiger partial charge in [-0.3, -0.25) is 0 Å². The van der Waals surface area contributed by atoms with E-state index in [9.17, 15) is 0 Å². The molecule has 0 aliphatic carbocycles. The monoisotopic (exact) mass is 266 g/mol. The van der Waals surface area contributed by atoms with Crippen LogP contribution in [-0.4, -0.2) is 49.7 Å². The van der Waals surface area contributed by atoms with E-state index >= 15 is 0 Å². The molecule has 1 heterocycles. The summed E-state index contributed by atoms with van der Waals surface area (Å²) in [6.07, 6.45) is 1.26. The van der Waals surface area contributed by atoms with Crippen LogP contribution < -0.4 is 10.1 Å². The van der Waals surface area contributed by atoms with Crippen molar-refractivity contribution < 1.29 is 4.74 Å². The molecule has 4 heteroatoms. The highest BCUT2D eigenvalue weighted by molar-refractivity contribution is 7.99. The minimum absolute atomic E-state index is 0.618. The van der Waals surface area contributed by atoms with E-state index in [1.807, 2.05) is 17.8 Å². The van der Waals surface area contributed by atoms with E-state index in [0.717, 1.165) is 18.9 Å². The van der Waals surface area contributed by atoms with Crippen molar-refractivity contribution in [3.8, 4) is 5.75 Å². The first-order valence-corrected chi connectivity index (χ1v) is 7.61. The van der Waals surface area contributed by atoms with Crippen molar-refractivity contribution in [3.05, 3.63) is 24.3 Å². The molecule has 1 aliphatic rings. The Kier molecular flexibility index (Phi) is 5.20. The Hall–Kier alpha value is -0.870. The Morgan fingerprint density at radius 2 is 2.33 bits per heavy atom. The predicted octanol–water partition coefficient (Wildman–Crippen LogP) is 2.54. The van der Waals surface area contributed by atoms with Gasteiger partial charge in [-0.15, -0.1) is 0 Å². The Morgan fingerprint density at radius 1 is 1.44 bits per heavy atom. The summed E-state index contributed by atoms with van der Waals surface area (Å²) in [5.74, 6) is 3.44. The smallest absolute Gasteiger partial charge is 0.121 e. The molecule has 0 saturated carbocycles. The third-order valence-electron chi connectivity index (χ3n) is 2.94. The molecule has 0 radical (unpaired) electrons. The molecule has 0 aromatic heterocycles. The maximum absolute atomic E-state index is 5.74. The Labute approximate surface area is 114 Å². The lowest BCUT2D eigenvalue weighted by Gasteiger charge is -2.15. The van der Waals surface area contributed by atoms with Crippen molar-refractivity contribution in [1.82, 2.24) is 4.90 Å². The molecule has 18 heavy (non-hydrogen) atoms. The van der Waals surface area contributed by atoms with Crippen molar-refractivity contribution >= 4 is 17.4 Å². The van der Waals surface area contributed by atoms with Gasteiger partial charge in [0.05, 0.1) is 0 Å². The van der Waals surface area contributed by atoms with Crippen LogP contribution in [0.5, 0.6) is 5.75 Å². The minimum atomic E-state index is 0.618. The average molecular weight is 266 g/mol. The zero-order valence-corrected chi connectivity index (χ0v) is 12.0. The molecule has 0 amide bonds. The maximum Gasteiger partial charge on any atom is 0.121 e. The molecule has 2 rings (SSSR count). The number of nitrogens with zero attached hydrogens (tertiary/aromatic N) is 1. The van der Waals surface area contributed by atoms with Crippen LogP contribution in [0, 0.1) is 0 Å². The fourth-order valence-corrected chi connectivity index (χ4v) is 3.06. The lowest BCUT2D eigenvalue weighted by atomic mass is 10.2. The molecule has 1 unspecified atom stereocenters. The van der Waals surface area contributed by atoms with Crippen LogP contribution >= 0.6 is 11.8 Å². The van der Waals surface area contributed by atoms with E-state index in [1.54, 1.807) is 0 Å². The highest BCUT2D eigenvalue weighted by Crippen LogP contribution is 2.23. The summed E-state index contributed by atoms with van der Waals surface area (Å²) in [6.45, 7) is 1.67. The van der Waals surface area contributed by atoms with Gasteiger partial charge < -0.3 is 15.0 Å². The summed E-state index contributed by atoms with van der Waals surface area (Å²) >= 11 is 2.02. The van der Waals surface area contributed by atoms with Gasteiger partial charge in [-0.25, -0.2) is 0 Å². The molecular formula is C14H22N2OS. The highest BCUT2D eigenvalue weighted by atomic mass is 32.2. The van der Waals surface area contributed by atoms with Crippen molar-refractivity contribution in [1.29, 1.82) is 0 Å². The van der Waals surface area contributed by atoms with Crippen molar-refractivity contribution in [2.24, 2.45) is 0 Å². The zero-order chi connectivity index (χ0) is 12.8. The number of ether oxygens (including phenoxy) is 1. The number of likely N-dealkylation sites (N-methyl/N-ethyl adjacent to an activating group) is 1. The topological polar surface area (TPSA) is 24.5 Å². The lowest BCUT2D eigenvalue weighted by molar-refractivity contribution is 0.261. The molecule has 0 spiro atoms. The SMILES string of the molecule is CN(C)CCOc1cccc(NC2CCSC2)c1. The lowest BCUT2D eigenvalue weighted by Crippen LogP contribution is -2.20. The maximum atomic E-state index is 5.74. The third-order valence-corrected chi connectivity index (χ3v) is 4.10. The molecule has 1 aromatic rings. The van der Waals surface area contributed by atoms with Crippen molar-refractivity contribution in [2.45, 2.75) is 12.5 Å². The zero-order valence-electron chi connectivity index (χ0n) is 11.2. The number of thioether (sulfide) groups is 1. The van der Waals surface area contributed by atoms with Crippen LogP contribution in [0.25, 0.3) is 0 Å². The van der Waals surface area contributed by atoms with Gasteiger partial charge >= 0.3 is 0 Å². The van der Waals surface area contributed by atoms with Gasteiger partial charge in [-0.1, -0.05) is 6.07 Å². The van der Waals surface area contributed by atoms with Crippen LogP contribution in [0.4, 0.5) is 5.69 Å². The van der Waals surface area contributed by atoms with Gasteiger partial charge in [-0.05, 0) is 38.4 Å². The quantitative estimate of drug-likeness (QED) is 0.855. The molecule has 3 nitrogen and oxygen atoms in total. The van der Waals surface area contributed by atoms with Gasteiger partial charge in [0.2, 0.25) is 0 Å². The fourth-order valence-electron chi connectivity index (χ4n) is 1.91. The number of nitrogens with one attached hydrogen (secondary N) is 1. The van der Waals surface area contributed by atoms with Gasteiger partial charge in [0.15, 0.2) is 0 Å². The summed E-state index contributed by atoms with van der Waals surface area (Å²) in [7, 11) is 4.11. The number of rotatable bonds is 6. The van der Waals surface area contributed by atoms with Crippen molar-refractivity contribution in [2.75, 3.05) is 44.1 Å². The number of benzene rings is 1. The van der Waals surface area contributed by atoms with E-state index < -0.39 is 0 Å². The van der Waals surface area contributed by atoms with Crippen molar-refractivity contribution in [3.63, 3.8) is 0 Å². The Balaban J connectivity index is 1.84. The highest BCUT2D eigenvalue weighted by Gasteiger charge is 2.14. The Morgan fingerprint density at radius 3 is 3.06 bits per heavy atom. The second kappa shape index (κ2) is 6.90. The van der Waals surface area contributed by atoms with E-state index in [1.165, 1.54) is 23.6 Å². The number of hydrogen-bond donors (Lipinski definition) is 1. The van der Waals surface area contributed by atoms with E-state index in [4.69, 9.17) is 4.74 Å². The molecule has 0 bridgehead atoms. The molecule has 1 aromatic carbocycles. The summed E-state index contributed by atoms with van der Waals surface area (Å²) < 4.78 is 5.74. The second-order valence-corrected chi connectivity index (χ2v) is 6.03. The first-order chi connectivity index (χ1) is 8.74. The summed E-state index contributed by atoms with van der Waals surface area (Å²) in [6, 6.07) is 8.90. The molecule has 100 valence electrons. The fraction of sp³-hybridized carbons (Fsp3) is 0.571. The van der Waals surface area contributed by atoms with Crippen LogP contribution in [0.3, 0.4) is 0 Å². The molecular weight excluding hydrogens is 244 g/mol. The van der Waals surface area contributed by atoms with E-state index in [2.05, 4.69) is 42.5 Å². The molecule has 1 aliphatic heterocycles. The minimum Gasteiger partial charge on any atom is -0.492 e. The summed E-state index contributed by atoms with van der Waals surface area (Å²) in [5, 5.41) is 3.57. The first kappa shape index (κ1) is 13.6. The molecule has 1 fully saturated rings. The molecule has 1 atom stereocenters. The van der Waals surface area contributed by atoms with E-state index in [0.29, 0.717) is 6.04 Å².